The highest BCUT2D eigenvalue weighted by molar-refractivity contribution is 9.10. The second kappa shape index (κ2) is 3.93. The summed E-state index contributed by atoms with van der Waals surface area (Å²) in [4.78, 5) is 10.4. The zero-order valence-corrected chi connectivity index (χ0v) is 9.12. The number of aldehydes is 1. The molecule has 0 spiro atoms. The Labute approximate surface area is 90.9 Å². The average molecular weight is 249 g/mol. The van der Waals surface area contributed by atoms with Crippen LogP contribution in [0.3, 0.4) is 0 Å². The Bertz CT molecular complexity index is 477. The van der Waals surface area contributed by atoms with Gasteiger partial charge in [0.2, 0.25) is 0 Å². The first-order valence-corrected chi connectivity index (χ1v) is 5.21. The van der Waals surface area contributed by atoms with E-state index in [1.165, 1.54) is 10.8 Å². The molecule has 14 heavy (non-hydrogen) atoms. The lowest BCUT2D eigenvalue weighted by molar-refractivity contribution is -0.107. The third-order valence-electron chi connectivity index (χ3n) is 2.19. The van der Waals surface area contributed by atoms with Crippen LogP contribution < -0.4 is 0 Å². The molecule has 0 N–H and O–H groups in total. The molecule has 0 saturated heterocycles. The molecule has 0 heterocycles. The van der Waals surface area contributed by atoms with E-state index < -0.39 is 0 Å². The summed E-state index contributed by atoms with van der Waals surface area (Å²) in [6.07, 6.45) is 1.42. The van der Waals surface area contributed by atoms with E-state index in [2.05, 4.69) is 28.1 Å². The predicted octanol–water partition coefficient (Wildman–Crippen LogP) is 3.34. The molecular formula is C12H9BrO. The molecule has 0 saturated carbocycles. The maximum atomic E-state index is 10.4. The standard InChI is InChI=1S/C12H9BrO/c13-12-4-3-10-7-9(5-6-14)1-2-11(10)8-12/h1-4,6-8H,5H2. The van der Waals surface area contributed by atoms with Gasteiger partial charge in [-0.3, -0.25) is 0 Å². The molecule has 70 valence electrons. The van der Waals surface area contributed by atoms with Gasteiger partial charge in [-0.15, -0.1) is 0 Å². The SMILES string of the molecule is O=CCc1ccc2cc(Br)ccc2c1. The van der Waals surface area contributed by atoms with Crippen LogP contribution in [0.5, 0.6) is 0 Å². The highest BCUT2D eigenvalue weighted by atomic mass is 79.9. The lowest BCUT2D eigenvalue weighted by Gasteiger charge is -2.00. The van der Waals surface area contributed by atoms with E-state index in [0.717, 1.165) is 16.3 Å². The molecule has 2 aromatic carbocycles. The first-order valence-electron chi connectivity index (χ1n) is 4.41. The van der Waals surface area contributed by atoms with Gasteiger partial charge in [0.25, 0.3) is 0 Å². The van der Waals surface area contributed by atoms with E-state index >= 15 is 0 Å². The number of fused-ring (bicyclic) bond motifs is 1. The molecule has 0 fully saturated rings. The minimum atomic E-state index is 0.492. The molecule has 0 aliphatic carbocycles. The van der Waals surface area contributed by atoms with Gasteiger partial charge in [-0.2, -0.15) is 0 Å². The van der Waals surface area contributed by atoms with Crippen LogP contribution in [0.25, 0.3) is 10.8 Å². The monoisotopic (exact) mass is 248 g/mol. The van der Waals surface area contributed by atoms with Crippen molar-refractivity contribution in [3.63, 3.8) is 0 Å². The minimum absolute atomic E-state index is 0.492. The first kappa shape index (κ1) is 9.41. The van der Waals surface area contributed by atoms with Gasteiger partial charge in [-0.1, -0.05) is 40.2 Å². The summed E-state index contributed by atoms with van der Waals surface area (Å²) in [6.45, 7) is 0. The fourth-order valence-electron chi connectivity index (χ4n) is 1.49. The molecule has 0 aliphatic rings. The Morgan fingerprint density at radius 1 is 1.07 bits per heavy atom. The maximum absolute atomic E-state index is 10.4. The third-order valence-corrected chi connectivity index (χ3v) is 2.68. The van der Waals surface area contributed by atoms with Crippen LogP contribution in [0, 0.1) is 0 Å². The molecule has 0 amide bonds. The smallest absolute Gasteiger partial charge is 0.124 e. The molecule has 0 atom stereocenters. The Balaban J connectivity index is 2.55. The normalized spacial score (nSPS) is 10.4. The lowest BCUT2D eigenvalue weighted by Crippen LogP contribution is -1.85. The minimum Gasteiger partial charge on any atom is -0.303 e. The van der Waals surface area contributed by atoms with Crippen LogP contribution in [0.4, 0.5) is 0 Å². The van der Waals surface area contributed by atoms with Crippen LogP contribution in [-0.4, -0.2) is 6.29 Å². The van der Waals surface area contributed by atoms with E-state index in [0.29, 0.717) is 6.42 Å². The van der Waals surface area contributed by atoms with Crippen molar-refractivity contribution in [1.82, 2.24) is 0 Å². The number of benzene rings is 2. The van der Waals surface area contributed by atoms with Crippen LogP contribution in [0.1, 0.15) is 5.56 Å². The number of hydrogen-bond acceptors (Lipinski definition) is 1. The van der Waals surface area contributed by atoms with Gasteiger partial charge in [0.15, 0.2) is 0 Å². The Morgan fingerprint density at radius 3 is 2.57 bits per heavy atom. The molecule has 0 unspecified atom stereocenters. The van der Waals surface area contributed by atoms with Gasteiger partial charge in [-0.25, -0.2) is 0 Å². The first-order chi connectivity index (χ1) is 6.79. The highest BCUT2D eigenvalue weighted by Crippen LogP contribution is 2.20. The molecule has 0 radical (unpaired) electrons. The average Bonchev–Trinajstić information content (AvgIpc) is 2.19. The van der Waals surface area contributed by atoms with Crippen molar-refractivity contribution in [2.24, 2.45) is 0 Å². The molecular weight excluding hydrogens is 240 g/mol. The van der Waals surface area contributed by atoms with Gasteiger partial charge in [0, 0.05) is 10.9 Å². The number of hydrogen-bond donors (Lipinski definition) is 0. The molecule has 2 heteroatoms. The van der Waals surface area contributed by atoms with Gasteiger partial charge < -0.3 is 4.79 Å². The largest absolute Gasteiger partial charge is 0.303 e. The summed E-state index contributed by atoms with van der Waals surface area (Å²) < 4.78 is 1.08. The lowest BCUT2D eigenvalue weighted by atomic mass is 10.1. The maximum Gasteiger partial charge on any atom is 0.124 e. The van der Waals surface area contributed by atoms with Crippen LogP contribution in [-0.2, 0) is 11.2 Å². The number of carbonyl (C=O) groups excluding carboxylic acids is 1. The predicted molar refractivity (Wildman–Crippen MR) is 61.4 cm³/mol. The Morgan fingerprint density at radius 2 is 1.79 bits per heavy atom. The quantitative estimate of drug-likeness (QED) is 0.746. The fourth-order valence-corrected chi connectivity index (χ4v) is 1.87. The van der Waals surface area contributed by atoms with E-state index in [4.69, 9.17) is 0 Å². The molecule has 2 aromatic rings. The molecule has 0 aromatic heterocycles. The number of rotatable bonds is 2. The topological polar surface area (TPSA) is 17.1 Å². The van der Waals surface area contributed by atoms with Gasteiger partial charge in [-0.05, 0) is 28.5 Å². The molecule has 0 bridgehead atoms. The van der Waals surface area contributed by atoms with E-state index in [9.17, 15) is 4.79 Å². The summed E-state index contributed by atoms with van der Waals surface area (Å²) in [5.74, 6) is 0. The van der Waals surface area contributed by atoms with Gasteiger partial charge in [0.05, 0.1) is 0 Å². The van der Waals surface area contributed by atoms with Crippen LogP contribution in [0.15, 0.2) is 40.9 Å². The van der Waals surface area contributed by atoms with Crippen molar-refractivity contribution in [2.45, 2.75) is 6.42 Å². The van der Waals surface area contributed by atoms with Crippen molar-refractivity contribution < 1.29 is 4.79 Å². The Hall–Kier alpha value is -1.15. The second-order valence-electron chi connectivity index (χ2n) is 3.20. The second-order valence-corrected chi connectivity index (χ2v) is 4.11. The summed E-state index contributed by atoms with van der Waals surface area (Å²) >= 11 is 3.43. The summed E-state index contributed by atoms with van der Waals surface area (Å²) in [6, 6.07) is 12.2. The van der Waals surface area contributed by atoms with Crippen molar-refractivity contribution in [2.75, 3.05) is 0 Å². The van der Waals surface area contributed by atoms with Crippen molar-refractivity contribution in [1.29, 1.82) is 0 Å². The highest BCUT2D eigenvalue weighted by Gasteiger charge is 1.96. The van der Waals surface area contributed by atoms with Gasteiger partial charge >= 0.3 is 0 Å². The van der Waals surface area contributed by atoms with Crippen LogP contribution in [0.2, 0.25) is 0 Å². The number of halogens is 1. The number of carbonyl (C=O) groups is 1. The molecule has 1 nitrogen and oxygen atoms in total. The van der Waals surface area contributed by atoms with Crippen molar-refractivity contribution >= 4 is 33.0 Å². The Kier molecular flexibility index (Phi) is 2.64. The van der Waals surface area contributed by atoms with E-state index in [1.807, 2.05) is 24.3 Å². The molecule has 0 aliphatic heterocycles. The summed E-state index contributed by atoms with van der Waals surface area (Å²) in [5.41, 5.74) is 1.06. The zero-order valence-electron chi connectivity index (χ0n) is 7.53. The fraction of sp³-hybridized carbons (Fsp3) is 0.0833. The molecule has 2 rings (SSSR count). The van der Waals surface area contributed by atoms with E-state index in [1.54, 1.807) is 0 Å². The van der Waals surface area contributed by atoms with Gasteiger partial charge in [0.1, 0.15) is 6.29 Å². The van der Waals surface area contributed by atoms with Crippen molar-refractivity contribution in [3.8, 4) is 0 Å². The van der Waals surface area contributed by atoms with E-state index in [-0.39, 0.29) is 0 Å². The summed E-state index contributed by atoms with van der Waals surface area (Å²) in [5, 5.41) is 2.36. The summed E-state index contributed by atoms with van der Waals surface area (Å²) in [7, 11) is 0. The van der Waals surface area contributed by atoms with Crippen LogP contribution >= 0.6 is 15.9 Å². The van der Waals surface area contributed by atoms with Crippen molar-refractivity contribution in [3.05, 3.63) is 46.4 Å². The zero-order chi connectivity index (χ0) is 9.97. The third kappa shape index (κ3) is 1.85.